The fourth-order valence-corrected chi connectivity index (χ4v) is 4.34. The third kappa shape index (κ3) is 2.88. The SMILES string of the molecule is COc1ccccc1C(=O)N1CC2CN(C(=O)c3ccc[nH]3)CC2(CO)C1. The number of aliphatic hydroxyl groups excluding tert-OH is 1. The van der Waals surface area contributed by atoms with Crippen LogP contribution in [0.5, 0.6) is 5.75 Å². The number of hydrogen-bond donors (Lipinski definition) is 2. The zero-order valence-corrected chi connectivity index (χ0v) is 15.2. The van der Waals surface area contributed by atoms with Crippen molar-refractivity contribution in [2.24, 2.45) is 11.3 Å². The smallest absolute Gasteiger partial charge is 0.270 e. The van der Waals surface area contributed by atoms with Crippen LogP contribution in [0.3, 0.4) is 0 Å². The number of amides is 2. The van der Waals surface area contributed by atoms with Crippen molar-refractivity contribution in [1.29, 1.82) is 0 Å². The molecule has 2 N–H and O–H groups in total. The number of aromatic amines is 1. The number of nitrogens with zero attached hydrogens (tertiary/aromatic N) is 2. The molecule has 0 aliphatic carbocycles. The molecule has 142 valence electrons. The second kappa shape index (κ2) is 6.74. The lowest BCUT2D eigenvalue weighted by atomic mass is 9.82. The lowest BCUT2D eigenvalue weighted by Gasteiger charge is -2.27. The van der Waals surface area contributed by atoms with Crippen molar-refractivity contribution in [2.45, 2.75) is 0 Å². The molecule has 2 aromatic rings. The average Bonchev–Trinajstić information content (AvgIpc) is 3.41. The van der Waals surface area contributed by atoms with E-state index >= 15 is 0 Å². The molecule has 7 heteroatoms. The number of ether oxygens (including phenoxy) is 1. The largest absolute Gasteiger partial charge is 0.496 e. The van der Waals surface area contributed by atoms with Gasteiger partial charge in [0.1, 0.15) is 11.4 Å². The predicted octanol–water partition coefficient (Wildman–Crippen LogP) is 1.23. The van der Waals surface area contributed by atoms with E-state index < -0.39 is 5.41 Å². The summed E-state index contributed by atoms with van der Waals surface area (Å²) in [5.41, 5.74) is 0.595. The number of carbonyl (C=O) groups excluding carboxylic acids is 2. The van der Waals surface area contributed by atoms with Gasteiger partial charge in [0, 0.05) is 43.7 Å². The molecular formula is C20H23N3O4. The Hall–Kier alpha value is -2.80. The number of benzene rings is 1. The van der Waals surface area contributed by atoms with Gasteiger partial charge in [-0.15, -0.1) is 0 Å². The first-order chi connectivity index (χ1) is 13.1. The van der Waals surface area contributed by atoms with Crippen molar-refractivity contribution in [3.05, 3.63) is 53.9 Å². The number of rotatable bonds is 4. The Morgan fingerprint density at radius 3 is 2.44 bits per heavy atom. The third-order valence-electron chi connectivity index (χ3n) is 5.81. The monoisotopic (exact) mass is 369 g/mol. The zero-order valence-electron chi connectivity index (χ0n) is 15.2. The molecule has 2 aliphatic rings. The van der Waals surface area contributed by atoms with Crippen molar-refractivity contribution in [1.82, 2.24) is 14.8 Å². The Balaban J connectivity index is 1.52. The van der Waals surface area contributed by atoms with Gasteiger partial charge in [0.2, 0.25) is 0 Å². The molecule has 0 radical (unpaired) electrons. The van der Waals surface area contributed by atoms with Crippen molar-refractivity contribution in [3.63, 3.8) is 0 Å². The number of para-hydroxylation sites is 1. The summed E-state index contributed by atoms with van der Waals surface area (Å²) in [7, 11) is 1.55. The summed E-state index contributed by atoms with van der Waals surface area (Å²) in [6.07, 6.45) is 1.72. The van der Waals surface area contributed by atoms with Gasteiger partial charge in [-0.25, -0.2) is 0 Å². The fraction of sp³-hybridized carbons (Fsp3) is 0.400. The highest BCUT2D eigenvalue weighted by atomic mass is 16.5. The summed E-state index contributed by atoms with van der Waals surface area (Å²) in [6.45, 7) is 1.88. The summed E-state index contributed by atoms with van der Waals surface area (Å²) < 4.78 is 5.31. The Bertz CT molecular complexity index is 851. The van der Waals surface area contributed by atoms with E-state index in [1.54, 1.807) is 47.4 Å². The van der Waals surface area contributed by atoms with E-state index in [1.165, 1.54) is 0 Å². The molecule has 1 aromatic carbocycles. The lowest BCUT2D eigenvalue weighted by Crippen LogP contribution is -2.40. The highest BCUT2D eigenvalue weighted by Gasteiger charge is 2.54. The molecule has 2 fully saturated rings. The van der Waals surface area contributed by atoms with E-state index in [0.29, 0.717) is 43.2 Å². The summed E-state index contributed by atoms with van der Waals surface area (Å²) >= 11 is 0. The normalized spacial score (nSPS) is 24.1. The van der Waals surface area contributed by atoms with Crippen molar-refractivity contribution in [3.8, 4) is 5.75 Å². The van der Waals surface area contributed by atoms with Crippen molar-refractivity contribution >= 4 is 11.8 Å². The van der Waals surface area contributed by atoms with E-state index in [1.807, 2.05) is 12.1 Å². The zero-order chi connectivity index (χ0) is 19.0. The maximum Gasteiger partial charge on any atom is 0.270 e. The molecule has 2 amide bonds. The quantitative estimate of drug-likeness (QED) is 0.849. The van der Waals surface area contributed by atoms with Crippen LogP contribution >= 0.6 is 0 Å². The highest BCUT2D eigenvalue weighted by Crippen LogP contribution is 2.43. The first-order valence-electron chi connectivity index (χ1n) is 9.04. The van der Waals surface area contributed by atoms with Crippen molar-refractivity contribution in [2.75, 3.05) is 39.9 Å². The molecule has 0 spiro atoms. The maximum atomic E-state index is 13.0. The van der Waals surface area contributed by atoms with E-state index in [4.69, 9.17) is 4.74 Å². The summed E-state index contributed by atoms with van der Waals surface area (Å²) in [5, 5.41) is 10.1. The van der Waals surface area contributed by atoms with Crippen LogP contribution in [0.4, 0.5) is 0 Å². The Morgan fingerprint density at radius 1 is 1.15 bits per heavy atom. The van der Waals surface area contributed by atoms with Crippen LogP contribution in [0.15, 0.2) is 42.6 Å². The molecule has 2 atom stereocenters. The van der Waals surface area contributed by atoms with Crippen LogP contribution in [-0.4, -0.2) is 71.6 Å². The molecule has 4 rings (SSSR count). The van der Waals surface area contributed by atoms with Gasteiger partial charge in [-0.1, -0.05) is 12.1 Å². The number of carbonyl (C=O) groups is 2. The van der Waals surface area contributed by atoms with Crippen LogP contribution in [0.2, 0.25) is 0 Å². The lowest BCUT2D eigenvalue weighted by molar-refractivity contribution is 0.0663. The molecule has 0 bridgehead atoms. The Morgan fingerprint density at radius 2 is 1.85 bits per heavy atom. The molecule has 7 nitrogen and oxygen atoms in total. The first-order valence-corrected chi connectivity index (χ1v) is 9.04. The predicted molar refractivity (Wildman–Crippen MR) is 98.6 cm³/mol. The van der Waals surface area contributed by atoms with Gasteiger partial charge in [0.25, 0.3) is 11.8 Å². The van der Waals surface area contributed by atoms with E-state index in [2.05, 4.69) is 4.98 Å². The van der Waals surface area contributed by atoms with Crippen LogP contribution in [0, 0.1) is 11.3 Å². The minimum absolute atomic E-state index is 0.0537. The van der Waals surface area contributed by atoms with Crippen LogP contribution in [0.25, 0.3) is 0 Å². The fourth-order valence-electron chi connectivity index (χ4n) is 4.34. The molecule has 2 saturated heterocycles. The number of methoxy groups -OCH3 is 1. The molecule has 0 saturated carbocycles. The molecular weight excluding hydrogens is 346 g/mol. The Labute approximate surface area is 157 Å². The van der Waals surface area contributed by atoms with Gasteiger partial charge in [0.15, 0.2) is 0 Å². The summed E-state index contributed by atoms with van der Waals surface area (Å²) in [6, 6.07) is 10.7. The number of aromatic nitrogens is 1. The number of aliphatic hydroxyl groups is 1. The van der Waals surface area contributed by atoms with E-state index in [9.17, 15) is 14.7 Å². The average molecular weight is 369 g/mol. The molecule has 2 aliphatic heterocycles. The number of likely N-dealkylation sites (tertiary alicyclic amines) is 2. The van der Waals surface area contributed by atoms with Crippen molar-refractivity contribution < 1.29 is 19.4 Å². The third-order valence-corrected chi connectivity index (χ3v) is 5.81. The number of fused-ring (bicyclic) bond motifs is 1. The van der Waals surface area contributed by atoms with Gasteiger partial charge in [0.05, 0.1) is 19.3 Å². The maximum absolute atomic E-state index is 13.0. The molecule has 2 unspecified atom stereocenters. The van der Waals surface area contributed by atoms with Crippen LogP contribution in [0.1, 0.15) is 20.8 Å². The summed E-state index contributed by atoms with van der Waals surface area (Å²) in [4.78, 5) is 32.1. The standard InChI is InChI=1S/C20H23N3O4/c1-27-17-7-3-2-5-15(17)18(25)22-9-14-10-23(12-20(14,11-22)13-24)19(26)16-6-4-8-21-16/h2-8,14,21,24H,9-13H2,1H3. The van der Waals surface area contributed by atoms with Gasteiger partial charge in [-0.2, -0.15) is 0 Å². The minimum Gasteiger partial charge on any atom is -0.496 e. The van der Waals surface area contributed by atoms with E-state index in [-0.39, 0.29) is 24.3 Å². The van der Waals surface area contributed by atoms with Gasteiger partial charge in [-0.05, 0) is 24.3 Å². The summed E-state index contributed by atoms with van der Waals surface area (Å²) in [5.74, 6) is 0.433. The van der Waals surface area contributed by atoms with Crippen LogP contribution < -0.4 is 4.74 Å². The second-order valence-electron chi connectivity index (χ2n) is 7.37. The topological polar surface area (TPSA) is 85.9 Å². The number of H-pyrrole nitrogens is 1. The second-order valence-corrected chi connectivity index (χ2v) is 7.37. The number of nitrogens with one attached hydrogen (secondary N) is 1. The first kappa shape index (κ1) is 17.6. The Kier molecular flexibility index (Phi) is 4.39. The molecule has 27 heavy (non-hydrogen) atoms. The van der Waals surface area contributed by atoms with Gasteiger partial charge < -0.3 is 24.6 Å². The van der Waals surface area contributed by atoms with Crippen LogP contribution in [-0.2, 0) is 0 Å². The van der Waals surface area contributed by atoms with Gasteiger partial charge >= 0.3 is 0 Å². The van der Waals surface area contributed by atoms with E-state index in [0.717, 1.165) is 0 Å². The van der Waals surface area contributed by atoms with Gasteiger partial charge in [-0.3, -0.25) is 9.59 Å². The highest BCUT2D eigenvalue weighted by molar-refractivity contribution is 5.97. The molecule has 1 aromatic heterocycles. The minimum atomic E-state index is -0.472. The number of hydrogen-bond acceptors (Lipinski definition) is 4. The molecule has 3 heterocycles.